The molecule has 1 aliphatic carbocycles. The number of likely N-dealkylation sites (N-methyl/N-ethyl adjacent to an activating group) is 1. The molecule has 2 aliphatic rings. The standard InChI is InChI=1S/C16H23NO2/c1-2-17-16-14-6-4-3-5-13(14)9-15(16)19-11-12-7-8-18-10-12/h3-6,12,15-17H,2,7-11H2,1H3. The van der Waals surface area contributed by atoms with E-state index >= 15 is 0 Å². The molecule has 0 spiro atoms. The molecule has 3 heteroatoms. The van der Waals surface area contributed by atoms with E-state index in [1.165, 1.54) is 11.1 Å². The average molecular weight is 261 g/mol. The molecule has 19 heavy (non-hydrogen) atoms. The lowest BCUT2D eigenvalue weighted by molar-refractivity contribution is 0.0114. The van der Waals surface area contributed by atoms with E-state index in [1.54, 1.807) is 0 Å². The third-order valence-electron chi connectivity index (χ3n) is 4.18. The third kappa shape index (κ3) is 2.83. The van der Waals surface area contributed by atoms with Gasteiger partial charge in [0.2, 0.25) is 0 Å². The normalized spacial score (nSPS) is 29.6. The van der Waals surface area contributed by atoms with Crippen LogP contribution in [0.1, 0.15) is 30.5 Å². The molecular weight excluding hydrogens is 238 g/mol. The summed E-state index contributed by atoms with van der Waals surface area (Å²) in [6.07, 6.45) is 2.45. The van der Waals surface area contributed by atoms with Gasteiger partial charge in [0.05, 0.1) is 25.4 Å². The second kappa shape index (κ2) is 6.04. The van der Waals surface area contributed by atoms with Crippen LogP contribution in [0.15, 0.2) is 24.3 Å². The molecular formula is C16H23NO2. The summed E-state index contributed by atoms with van der Waals surface area (Å²) >= 11 is 0. The fourth-order valence-electron chi connectivity index (χ4n) is 3.15. The zero-order valence-corrected chi connectivity index (χ0v) is 11.6. The van der Waals surface area contributed by atoms with Gasteiger partial charge in [0.25, 0.3) is 0 Å². The number of ether oxygens (including phenoxy) is 2. The van der Waals surface area contributed by atoms with Crippen molar-refractivity contribution in [3.63, 3.8) is 0 Å². The van der Waals surface area contributed by atoms with Crippen molar-refractivity contribution >= 4 is 0 Å². The fourth-order valence-corrected chi connectivity index (χ4v) is 3.15. The molecule has 1 heterocycles. The molecule has 1 fully saturated rings. The van der Waals surface area contributed by atoms with E-state index in [2.05, 4.69) is 36.5 Å². The summed E-state index contributed by atoms with van der Waals surface area (Å²) in [5.41, 5.74) is 2.85. The highest BCUT2D eigenvalue weighted by molar-refractivity contribution is 5.36. The van der Waals surface area contributed by atoms with Crippen LogP contribution in [0.3, 0.4) is 0 Å². The summed E-state index contributed by atoms with van der Waals surface area (Å²) in [7, 11) is 0. The minimum Gasteiger partial charge on any atom is -0.381 e. The summed E-state index contributed by atoms with van der Waals surface area (Å²) in [6, 6.07) is 9.04. The third-order valence-corrected chi connectivity index (χ3v) is 4.18. The Morgan fingerprint density at radius 2 is 2.26 bits per heavy atom. The summed E-state index contributed by atoms with van der Waals surface area (Å²) in [4.78, 5) is 0. The number of fused-ring (bicyclic) bond motifs is 1. The van der Waals surface area contributed by atoms with Crippen molar-refractivity contribution < 1.29 is 9.47 Å². The van der Waals surface area contributed by atoms with Crippen LogP contribution < -0.4 is 5.32 Å². The molecule has 0 amide bonds. The zero-order valence-electron chi connectivity index (χ0n) is 11.6. The van der Waals surface area contributed by atoms with E-state index in [9.17, 15) is 0 Å². The summed E-state index contributed by atoms with van der Waals surface area (Å²) in [5.74, 6) is 0.589. The van der Waals surface area contributed by atoms with Gasteiger partial charge in [0, 0.05) is 18.9 Å². The SMILES string of the molecule is CCNC1c2ccccc2CC1OCC1CCOC1. The van der Waals surface area contributed by atoms with Gasteiger partial charge in [-0.1, -0.05) is 31.2 Å². The van der Waals surface area contributed by atoms with E-state index in [0.29, 0.717) is 12.0 Å². The number of nitrogens with one attached hydrogen (secondary N) is 1. The van der Waals surface area contributed by atoms with Crippen molar-refractivity contribution in [2.24, 2.45) is 5.92 Å². The van der Waals surface area contributed by atoms with E-state index < -0.39 is 0 Å². The Hall–Kier alpha value is -0.900. The number of benzene rings is 1. The Balaban J connectivity index is 1.64. The molecule has 3 nitrogen and oxygen atoms in total. The monoisotopic (exact) mass is 261 g/mol. The molecule has 1 aliphatic heterocycles. The molecule has 1 saturated heterocycles. The van der Waals surface area contributed by atoms with Crippen LogP contribution in [0.2, 0.25) is 0 Å². The minimum absolute atomic E-state index is 0.276. The van der Waals surface area contributed by atoms with Crippen LogP contribution in [-0.2, 0) is 15.9 Å². The maximum Gasteiger partial charge on any atom is 0.0810 e. The lowest BCUT2D eigenvalue weighted by atomic mass is 10.1. The summed E-state index contributed by atoms with van der Waals surface area (Å²) in [6.45, 7) is 5.73. The van der Waals surface area contributed by atoms with Crippen LogP contribution in [0.25, 0.3) is 0 Å². The van der Waals surface area contributed by atoms with E-state index in [4.69, 9.17) is 9.47 Å². The van der Waals surface area contributed by atoms with E-state index in [-0.39, 0.29) is 6.10 Å². The van der Waals surface area contributed by atoms with Crippen molar-refractivity contribution in [1.82, 2.24) is 5.32 Å². The predicted octanol–water partition coefficient (Wildman–Crippen LogP) is 2.32. The van der Waals surface area contributed by atoms with Gasteiger partial charge in [0.15, 0.2) is 0 Å². The van der Waals surface area contributed by atoms with Crippen molar-refractivity contribution in [2.45, 2.75) is 31.9 Å². The van der Waals surface area contributed by atoms with Gasteiger partial charge in [-0.2, -0.15) is 0 Å². The van der Waals surface area contributed by atoms with E-state index in [0.717, 1.165) is 39.2 Å². The first-order chi connectivity index (χ1) is 9.38. The Bertz CT molecular complexity index is 415. The second-order valence-corrected chi connectivity index (χ2v) is 5.54. The first kappa shape index (κ1) is 13.1. The smallest absolute Gasteiger partial charge is 0.0810 e. The van der Waals surface area contributed by atoms with Crippen molar-refractivity contribution in [3.05, 3.63) is 35.4 Å². The molecule has 3 atom stereocenters. The predicted molar refractivity (Wildman–Crippen MR) is 75.2 cm³/mol. The molecule has 1 N–H and O–H groups in total. The Kier molecular flexibility index (Phi) is 4.16. The first-order valence-corrected chi connectivity index (χ1v) is 7.39. The quantitative estimate of drug-likeness (QED) is 0.882. The lowest BCUT2D eigenvalue weighted by Gasteiger charge is -2.23. The van der Waals surface area contributed by atoms with Crippen LogP contribution in [0.5, 0.6) is 0 Å². The van der Waals surface area contributed by atoms with Gasteiger partial charge in [-0.05, 0) is 24.1 Å². The number of hydrogen-bond acceptors (Lipinski definition) is 3. The van der Waals surface area contributed by atoms with Crippen molar-refractivity contribution in [3.8, 4) is 0 Å². The molecule has 0 saturated carbocycles. The van der Waals surface area contributed by atoms with Gasteiger partial charge in [-0.3, -0.25) is 0 Å². The van der Waals surface area contributed by atoms with Crippen LogP contribution in [0, 0.1) is 5.92 Å². The Morgan fingerprint density at radius 3 is 3.05 bits per heavy atom. The first-order valence-electron chi connectivity index (χ1n) is 7.39. The highest BCUT2D eigenvalue weighted by Crippen LogP contribution is 2.33. The average Bonchev–Trinajstić information content (AvgIpc) is 3.05. The minimum atomic E-state index is 0.276. The van der Waals surface area contributed by atoms with Gasteiger partial charge in [-0.15, -0.1) is 0 Å². The summed E-state index contributed by atoms with van der Waals surface area (Å²) < 4.78 is 11.6. The van der Waals surface area contributed by atoms with Crippen molar-refractivity contribution in [2.75, 3.05) is 26.4 Å². The van der Waals surface area contributed by atoms with E-state index in [1.807, 2.05) is 0 Å². The Morgan fingerprint density at radius 1 is 1.37 bits per heavy atom. The molecule has 1 aromatic carbocycles. The molecule has 0 bridgehead atoms. The van der Waals surface area contributed by atoms with Crippen LogP contribution >= 0.6 is 0 Å². The largest absolute Gasteiger partial charge is 0.381 e. The van der Waals surface area contributed by atoms with Crippen LogP contribution in [-0.4, -0.2) is 32.5 Å². The molecule has 3 rings (SSSR count). The maximum absolute atomic E-state index is 6.19. The summed E-state index contributed by atoms with van der Waals surface area (Å²) in [5, 5.41) is 3.57. The van der Waals surface area contributed by atoms with Crippen molar-refractivity contribution in [1.29, 1.82) is 0 Å². The topological polar surface area (TPSA) is 30.5 Å². The van der Waals surface area contributed by atoms with Gasteiger partial charge >= 0.3 is 0 Å². The maximum atomic E-state index is 6.19. The number of rotatable bonds is 5. The zero-order chi connectivity index (χ0) is 13.1. The molecule has 3 unspecified atom stereocenters. The fraction of sp³-hybridized carbons (Fsp3) is 0.625. The highest BCUT2D eigenvalue weighted by Gasteiger charge is 2.33. The van der Waals surface area contributed by atoms with Gasteiger partial charge in [0.1, 0.15) is 0 Å². The van der Waals surface area contributed by atoms with Gasteiger partial charge < -0.3 is 14.8 Å². The lowest BCUT2D eigenvalue weighted by Crippen LogP contribution is -2.32. The van der Waals surface area contributed by atoms with Gasteiger partial charge in [-0.25, -0.2) is 0 Å². The molecule has 0 aromatic heterocycles. The Labute approximate surface area is 115 Å². The highest BCUT2D eigenvalue weighted by atomic mass is 16.5. The molecule has 1 aromatic rings. The second-order valence-electron chi connectivity index (χ2n) is 5.54. The molecule has 104 valence electrons. The number of hydrogen-bond donors (Lipinski definition) is 1. The van der Waals surface area contributed by atoms with Crippen LogP contribution in [0.4, 0.5) is 0 Å². The molecule has 0 radical (unpaired) electrons.